The van der Waals surface area contributed by atoms with E-state index in [0.29, 0.717) is 0 Å². The molecule has 0 aliphatic heterocycles. The van der Waals surface area contributed by atoms with E-state index in [2.05, 4.69) is 0 Å². The van der Waals surface area contributed by atoms with E-state index in [-0.39, 0.29) is 0 Å². The van der Waals surface area contributed by atoms with Crippen molar-refractivity contribution in [1.82, 2.24) is 0 Å². The second kappa shape index (κ2) is 4.21. The Bertz CT molecular complexity index is 243. The minimum atomic E-state index is -2.82. The topological polar surface area (TPSA) is 0 Å². The van der Waals surface area contributed by atoms with Crippen LogP contribution in [0.25, 0.3) is 0 Å². The van der Waals surface area contributed by atoms with Crippen molar-refractivity contribution in [2.45, 2.75) is 5.00 Å². The lowest BCUT2D eigenvalue weighted by atomic mass is 10.2. The molecule has 0 N–H and O–H groups in total. The van der Waals surface area contributed by atoms with E-state index in [0.717, 1.165) is 5.56 Å². The first kappa shape index (κ1) is 10.7. The number of benzene rings is 1. The van der Waals surface area contributed by atoms with Gasteiger partial charge in [-0.3, -0.25) is 0 Å². The Morgan fingerprint density at radius 3 is 1.92 bits per heavy atom. The highest BCUT2D eigenvalue weighted by atomic mass is 35.8. The Balaban J connectivity index is 2.86. The summed E-state index contributed by atoms with van der Waals surface area (Å²) in [5.41, 5.74) is 0.867. The molecule has 0 nitrogen and oxygen atoms in total. The van der Waals surface area contributed by atoms with Gasteiger partial charge in [-0.25, -0.2) is 0 Å². The average molecular weight is 260 g/mol. The van der Waals surface area contributed by atoms with E-state index >= 15 is 0 Å². The van der Waals surface area contributed by atoms with Gasteiger partial charge in [0.05, 0.1) is 5.00 Å². The molecule has 1 atom stereocenters. The van der Waals surface area contributed by atoms with E-state index in [1.165, 1.54) is 0 Å². The van der Waals surface area contributed by atoms with Crippen LogP contribution in [-0.2, 0) is 0 Å². The fourth-order valence-corrected chi connectivity index (χ4v) is 2.66. The van der Waals surface area contributed by atoms with Crippen LogP contribution in [0.2, 0.25) is 0 Å². The van der Waals surface area contributed by atoms with Crippen molar-refractivity contribution in [3.63, 3.8) is 0 Å². The summed E-state index contributed by atoms with van der Waals surface area (Å²) >= 11 is 23.2. The van der Waals surface area contributed by atoms with Crippen LogP contribution >= 0.6 is 44.8 Å². The van der Waals surface area contributed by atoms with Gasteiger partial charge in [0.1, 0.15) is 0 Å². The maximum atomic E-state index is 5.95. The smallest absolute Gasteiger partial charge is 0.124 e. The van der Waals surface area contributed by atoms with Gasteiger partial charge in [-0.15, -0.1) is 44.8 Å². The molecule has 0 fully saturated rings. The number of hydrogen-bond donors (Lipinski definition) is 0. The van der Waals surface area contributed by atoms with E-state index in [1.807, 2.05) is 30.3 Å². The summed E-state index contributed by atoms with van der Waals surface area (Å²) in [6.45, 7) is 0. The Hall–Kier alpha value is 0.597. The second-order valence-corrected chi connectivity index (χ2v) is 11.9. The van der Waals surface area contributed by atoms with Gasteiger partial charge in [-0.1, -0.05) is 30.3 Å². The van der Waals surface area contributed by atoms with Crippen LogP contribution in [0.1, 0.15) is 10.6 Å². The van der Waals surface area contributed by atoms with Crippen LogP contribution in [0.4, 0.5) is 0 Å². The molecule has 0 saturated carbocycles. The number of alkyl halides is 1. The van der Waals surface area contributed by atoms with Crippen LogP contribution in [0.15, 0.2) is 30.3 Å². The summed E-state index contributed by atoms with van der Waals surface area (Å²) in [5.74, 6) is 0. The first-order valence-corrected chi connectivity index (χ1v) is 8.82. The SMILES string of the molecule is ClC(c1ccccc1)[Si](Cl)(Cl)Cl. The van der Waals surface area contributed by atoms with Gasteiger partial charge < -0.3 is 0 Å². The monoisotopic (exact) mass is 258 g/mol. The molecule has 0 aromatic heterocycles. The Labute approximate surface area is 91.5 Å². The highest BCUT2D eigenvalue weighted by Crippen LogP contribution is 2.39. The molecule has 0 radical (unpaired) electrons. The normalized spacial score (nSPS) is 14.3. The molecule has 66 valence electrons. The van der Waals surface area contributed by atoms with Crippen molar-refractivity contribution in [2.24, 2.45) is 0 Å². The van der Waals surface area contributed by atoms with E-state index in [4.69, 9.17) is 44.8 Å². The van der Waals surface area contributed by atoms with E-state index in [9.17, 15) is 0 Å². The summed E-state index contributed by atoms with van der Waals surface area (Å²) < 4.78 is 0. The molecular formula is C7H6Cl4Si. The van der Waals surface area contributed by atoms with Crippen LogP contribution in [0.5, 0.6) is 0 Å². The zero-order valence-corrected chi connectivity index (χ0v) is 10.00. The van der Waals surface area contributed by atoms with Crippen molar-refractivity contribution < 1.29 is 0 Å². The quantitative estimate of drug-likeness (QED) is 0.425. The largest absolute Gasteiger partial charge is 0.362 e. The van der Waals surface area contributed by atoms with E-state index < -0.39 is 11.0 Å². The van der Waals surface area contributed by atoms with Crippen molar-refractivity contribution in [1.29, 1.82) is 0 Å². The molecule has 0 aliphatic rings. The third kappa shape index (κ3) is 2.82. The van der Waals surface area contributed by atoms with E-state index in [1.54, 1.807) is 0 Å². The predicted molar refractivity (Wildman–Crippen MR) is 58.3 cm³/mol. The summed E-state index contributed by atoms with van der Waals surface area (Å²) in [6.07, 6.45) is 0. The molecule has 12 heavy (non-hydrogen) atoms. The van der Waals surface area contributed by atoms with Gasteiger partial charge in [-0.2, -0.15) is 0 Å². The molecular weight excluding hydrogens is 254 g/mol. The zero-order chi connectivity index (χ0) is 9.19. The summed E-state index contributed by atoms with van der Waals surface area (Å²) in [5, 5.41) is -0.469. The molecule has 5 heteroatoms. The minimum absolute atomic E-state index is 0.469. The molecule has 0 amide bonds. The standard InChI is InChI=1S/C7H6Cl4Si/c8-7(12(9,10)11)6-4-2-1-3-5-6/h1-5,7H. The predicted octanol–water partition coefficient (Wildman–Crippen LogP) is 4.16. The maximum Gasteiger partial charge on any atom is 0.362 e. The molecule has 0 heterocycles. The lowest BCUT2D eigenvalue weighted by Crippen LogP contribution is -2.18. The Kier molecular flexibility index (Phi) is 3.74. The molecule has 1 unspecified atom stereocenters. The van der Waals surface area contributed by atoms with Crippen LogP contribution in [0.3, 0.4) is 0 Å². The highest BCUT2D eigenvalue weighted by Gasteiger charge is 2.36. The highest BCUT2D eigenvalue weighted by molar-refractivity contribution is 7.66. The Morgan fingerprint density at radius 1 is 1.00 bits per heavy atom. The minimum Gasteiger partial charge on any atom is -0.124 e. The molecule has 0 spiro atoms. The van der Waals surface area contributed by atoms with Crippen LogP contribution < -0.4 is 0 Å². The van der Waals surface area contributed by atoms with Gasteiger partial charge in [0.15, 0.2) is 0 Å². The number of rotatable bonds is 2. The first-order chi connectivity index (χ1) is 5.52. The lowest BCUT2D eigenvalue weighted by molar-refractivity contribution is 1.33. The molecule has 0 aliphatic carbocycles. The van der Waals surface area contributed by atoms with Gasteiger partial charge in [0.2, 0.25) is 0 Å². The summed E-state index contributed by atoms with van der Waals surface area (Å²) in [4.78, 5) is 0. The molecule has 1 aromatic carbocycles. The van der Waals surface area contributed by atoms with Crippen LogP contribution in [0, 0.1) is 0 Å². The molecule has 0 saturated heterocycles. The first-order valence-electron chi connectivity index (χ1n) is 3.27. The van der Waals surface area contributed by atoms with Crippen molar-refractivity contribution in [3.05, 3.63) is 35.9 Å². The van der Waals surface area contributed by atoms with Crippen molar-refractivity contribution in [2.75, 3.05) is 0 Å². The lowest BCUT2D eigenvalue weighted by Gasteiger charge is -2.14. The summed E-state index contributed by atoms with van der Waals surface area (Å²) in [7, 11) is 0. The van der Waals surface area contributed by atoms with Gasteiger partial charge in [0, 0.05) is 0 Å². The molecule has 1 rings (SSSR count). The third-order valence-electron chi connectivity index (χ3n) is 1.38. The molecule has 1 aromatic rings. The fourth-order valence-electron chi connectivity index (χ4n) is 0.811. The average Bonchev–Trinajstić information content (AvgIpc) is 2.03. The van der Waals surface area contributed by atoms with Crippen LogP contribution in [-0.4, -0.2) is 6.00 Å². The maximum absolute atomic E-state index is 5.95. The van der Waals surface area contributed by atoms with Crippen molar-refractivity contribution >= 4 is 50.8 Å². The number of halogens is 4. The Morgan fingerprint density at radius 2 is 1.50 bits per heavy atom. The fraction of sp³-hybridized carbons (Fsp3) is 0.143. The molecule has 0 bridgehead atoms. The number of hydrogen-bond acceptors (Lipinski definition) is 0. The van der Waals surface area contributed by atoms with Gasteiger partial charge >= 0.3 is 6.00 Å². The second-order valence-electron chi connectivity index (χ2n) is 2.31. The summed E-state index contributed by atoms with van der Waals surface area (Å²) in [6, 6.07) is 6.53. The van der Waals surface area contributed by atoms with Gasteiger partial charge in [0.25, 0.3) is 0 Å². The van der Waals surface area contributed by atoms with Crippen molar-refractivity contribution in [3.8, 4) is 0 Å². The third-order valence-corrected chi connectivity index (χ3v) is 6.49. The van der Waals surface area contributed by atoms with Gasteiger partial charge in [-0.05, 0) is 5.56 Å². The zero-order valence-electron chi connectivity index (χ0n) is 5.98.